The van der Waals surface area contributed by atoms with Gasteiger partial charge in [-0.05, 0) is 39.1 Å². The van der Waals surface area contributed by atoms with E-state index in [9.17, 15) is 24.9 Å². The van der Waals surface area contributed by atoms with Crippen LogP contribution in [0.3, 0.4) is 0 Å². The monoisotopic (exact) mass is 473 g/mol. The third-order valence-electron chi connectivity index (χ3n) is 5.88. The molecule has 0 amide bonds. The van der Waals surface area contributed by atoms with E-state index in [1.807, 2.05) is 11.9 Å². The molecule has 1 aliphatic heterocycles. The van der Waals surface area contributed by atoms with Crippen LogP contribution in [0.15, 0.2) is 45.6 Å². The molecule has 0 spiro atoms. The molecule has 0 bridgehead atoms. The van der Waals surface area contributed by atoms with Gasteiger partial charge < -0.3 is 29.4 Å². The molecular weight excluding hydrogens is 450 g/mol. The number of likely N-dealkylation sites (N-methyl/N-ethyl adjacent to an activating group) is 1. The highest BCUT2D eigenvalue weighted by Gasteiger charge is 2.37. The van der Waals surface area contributed by atoms with Gasteiger partial charge in [-0.1, -0.05) is 23.7 Å². The Hall–Kier alpha value is -3.07. The van der Waals surface area contributed by atoms with Gasteiger partial charge in [0.05, 0.1) is 5.02 Å². The van der Waals surface area contributed by atoms with Crippen LogP contribution in [0.1, 0.15) is 24.8 Å². The minimum Gasteiger partial charge on any atom is -0.507 e. The van der Waals surface area contributed by atoms with Gasteiger partial charge in [0.2, 0.25) is 0 Å². The van der Waals surface area contributed by atoms with E-state index < -0.39 is 35.3 Å². The van der Waals surface area contributed by atoms with Crippen molar-refractivity contribution in [2.24, 2.45) is 0 Å². The number of piperidine rings is 1. The maximum Gasteiger partial charge on any atom is 0.335 e. The highest BCUT2D eigenvalue weighted by molar-refractivity contribution is 6.33. The standard InChI is InChI=1S/C24H24ClNO7/c1-12(27)24(31)33-20-11-26(2)8-7-14(20)21-16(28)9-17(29)22-18(30)10-19(32-23(21)22)13-5-3-4-6-15(13)25/h3-6,9-10,12,14,20,27-29H,7-8,11H2,1-2H3/t12-,14-,20+/m0/s1. The number of likely N-dealkylation sites (tertiary alicyclic amines) is 1. The maximum absolute atomic E-state index is 13.0. The molecule has 8 nitrogen and oxygen atoms in total. The Bertz CT molecular complexity index is 1270. The quantitative estimate of drug-likeness (QED) is 0.494. The molecule has 0 radical (unpaired) electrons. The minimum atomic E-state index is -1.31. The number of phenolic OH excluding ortho intramolecular Hbond substituents is 2. The number of aromatic hydroxyl groups is 2. The fourth-order valence-electron chi connectivity index (χ4n) is 4.24. The number of phenols is 2. The van der Waals surface area contributed by atoms with Gasteiger partial charge in [-0.2, -0.15) is 0 Å². The fourth-order valence-corrected chi connectivity index (χ4v) is 4.47. The van der Waals surface area contributed by atoms with Crippen LogP contribution >= 0.6 is 11.6 Å². The first kappa shape index (κ1) is 23.1. The first-order valence-electron chi connectivity index (χ1n) is 10.5. The van der Waals surface area contributed by atoms with E-state index in [-0.39, 0.29) is 28.0 Å². The average molecular weight is 474 g/mol. The van der Waals surface area contributed by atoms with Crippen molar-refractivity contribution in [2.75, 3.05) is 20.1 Å². The van der Waals surface area contributed by atoms with Crippen LogP contribution in [0.2, 0.25) is 5.02 Å². The number of hydrogen-bond acceptors (Lipinski definition) is 8. The van der Waals surface area contributed by atoms with Crippen molar-refractivity contribution < 1.29 is 29.3 Å². The summed E-state index contributed by atoms with van der Waals surface area (Å²) >= 11 is 6.29. The lowest BCUT2D eigenvalue weighted by Gasteiger charge is -2.37. The van der Waals surface area contributed by atoms with Crippen LogP contribution in [-0.4, -0.2) is 58.5 Å². The topological polar surface area (TPSA) is 120 Å². The summed E-state index contributed by atoms with van der Waals surface area (Å²) in [5.74, 6) is -1.87. The van der Waals surface area contributed by atoms with Crippen LogP contribution in [0, 0.1) is 0 Å². The lowest BCUT2D eigenvalue weighted by Crippen LogP contribution is -2.44. The van der Waals surface area contributed by atoms with E-state index >= 15 is 0 Å². The molecule has 2 aromatic carbocycles. The third-order valence-corrected chi connectivity index (χ3v) is 6.21. The van der Waals surface area contributed by atoms with Gasteiger partial charge in [0.25, 0.3) is 0 Å². The summed E-state index contributed by atoms with van der Waals surface area (Å²) < 4.78 is 11.6. The van der Waals surface area contributed by atoms with Crippen molar-refractivity contribution in [1.29, 1.82) is 0 Å². The number of halogens is 1. The second kappa shape index (κ2) is 9.05. The number of carbonyl (C=O) groups excluding carboxylic acids is 1. The number of aliphatic hydroxyl groups is 1. The number of benzene rings is 2. The van der Waals surface area contributed by atoms with Gasteiger partial charge in [0, 0.05) is 35.7 Å². The zero-order valence-corrected chi connectivity index (χ0v) is 18.9. The SMILES string of the molecule is C[C@H](O)C(=O)O[C@@H]1CN(C)CC[C@@H]1c1c(O)cc(O)c2c(=O)cc(-c3ccccc3Cl)oc12. The first-order valence-corrected chi connectivity index (χ1v) is 10.9. The second-order valence-corrected chi connectivity index (χ2v) is 8.70. The molecule has 2 heterocycles. The number of nitrogens with zero attached hydrogens (tertiary/aromatic N) is 1. The zero-order valence-electron chi connectivity index (χ0n) is 18.1. The Balaban J connectivity index is 1.93. The Morgan fingerprint density at radius 2 is 1.97 bits per heavy atom. The van der Waals surface area contributed by atoms with Crippen LogP contribution in [0.25, 0.3) is 22.3 Å². The smallest absolute Gasteiger partial charge is 0.335 e. The van der Waals surface area contributed by atoms with Crippen LogP contribution < -0.4 is 5.43 Å². The lowest BCUT2D eigenvalue weighted by atomic mass is 9.85. The first-order chi connectivity index (χ1) is 15.7. The molecule has 9 heteroatoms. The predicted molar refractivity (Wildman–Crippen MR) is 123 cm³/mol. The summed E-state index contributed by atoms with van der Waals surface area (Å²) in [6.07, 6.45) is -1.56. The van der Waals surface area contributed by atoms with Gasteiger partial charge in [-0.15, -0.1) is 0 Å². The summed E-state index contributed by atoms with van der Waals surface area (Å²) in [7, 11) is 1.86. The highest BCUT2D eigenvalue weighted by Crippen LogP contribution is 2.43. The molecule has 0 unspecified atom stereocenters. The predicted octanol–water partition coefficient (Wildman–Crippen LogP) is 3.24. The molecule has 3 N–H and O–H groups in total. The van der Waals surface area contributed by atoms with Gasteiger partial charge in [-0.3, -0.25) is 4.79 Å². The van der Waals surface area contributed by atoms with Crippen LogP contribution in [0.5, 0.6) is 11.5 Å². The lowest BCUT2D eigenvalue weighted by molar-refractivity contribution is -0.161. The molecule has 4 rings (SSSR count). The van der Waals surface area contributed by atoms with Crippen LogP contribution in [0.4, 0.5) is 0 Å². The van der Waals surface area contributed by atoms with Crippen molar-refractivity contribution in [2.45, 2.75) is 31.5 Å². The normalized spacial score (nSPS) is 20.0. The number of hydrogen-bond donors (Lipinski definition) is 3. The Morgan fingerprint density at radius 1 is 1.24 bits per heavy atom. The summed E-state index contributed by atoms with van der Waals surface area (Å²) in [6, 6.07) is 9.17. The fraction of sp³-hybridized carbons (Fsp3) is 0.333. The van der Waals surface area contributed by atoms with E-state index in [1.54, 1.807) is 24.3 Å². The maximum atomic E-state index is 13.0. The van der Waals surface area contributed by atoms with E-state index in [1.165, 1.54) is 13.0 Å². The van der Waals surface area contributed by atoms with Crippen molar-refractivity contribution in [1.82, 2.24) is 4.90 Å². The van der Waals surface area contributed by atoms with E-state index in [2.05, 4.69) is 0 Å². The van der Waals surface area contributed by atoms with E-state index in [4.69, 9.17) is 20.8 Å². The Labute approximate surface area is 194 Å². The summed E-state index contributed by atoms with van der Waals surface area (Å²) in [4.78, 5) is 27.1. The molecule has 1 aliphatic rings. The van der Waals surface area contributed by atoms with Gasteiger partial charge in [0.15, 0.2) is 5.43 Å². The van der Waals surface area contributed by atoms with E-state index in [0.717, 1.165) is 6.07 Å². The summed E-state index contributed by atoms with van der Waals surface area (Å²) in [5, 5.41) is 31.2. The van der Waals surface area contributed by atoms with E-state index in [0.29, 0.717) is 30.1 Å². The molecule has 3 atom stereocenters. The van der Waals surface area contributed by atoms with Gasteiger partial charge in [-0.25, -0.2) is 4.79 Å². The number of rotatable bonds is 4. The molecule has 0 aliphatic carbocycles. The average Bonchev–Trinajstić information content (AvgIpc) is 2.74. The summed E-state index contributed by atoms with van der Waals surface area (Å²) in [6.45, 7) is 2.29. The number of carbonyl (C=O) groups is 1. The molecule has 3 aromatic rings. The van der Waals surface area contributed by atoms with Gasteiger partial charge >= 0.3 is 5.97 Å². The van der Waals surface area contributed by atoms with Gasteiger partial charge in [0.1, 0.15) is 40.4 Å². The van der Waals surface area contributed by atoms with Crippen molar-refractivity contribution in [3.63, 3.8) is 0 Å². The number of esters is 1. The number of ether oxygens (including phenoxy) is 1. The largest absolute Gasteiger partial charge is 0.507 e. The zero-order chi connectivity index (χ0) is 23.9. The Morgan fingerprint density at radius 3 is 2.67 bits per heavy atom. The molecule has 174 valence electrons. The van der Waals surface area contributed by atoms with Crippen molar-refractivity contribution >= 4 is 28.5 Å². The molecule has 33 heavy (non-hydrogen) atoms. The Kier molecular flexibility index (Phi) is 6.34. The third kappa shape index (κ3) is 4.42. The molecule has 1 fully saturated rings. The number of aliphatic hydroxyl groups excluding tert-OH is 1. The van der Waals surface area contributed by atoms with Crippen molar-refractivity contribution in [3.8, 4) is 22.8 Å². The molecule has 1 saturated heterocycles. The molecular formula is C24H24ClNO7. The summed E-state index contributed by atoms with van der Waals surface area (Å²) in [5.41, 5.74) is 0.232. The molecule has 0 saturated carbocycles. The van der Waals surface area contributed by atoms with Crippen molar-refractivity contribution in [3.05, 3.63) is 57.2 Å². The van der Waals surface area contributed by atoms with Crippen LogP contribution in [-0.2, 0) is 9.53 Å². The molecule has 1 aromatic heterocycles. The minimum absolute atomic E-state index is 0.00238. The highest BCUT2D eigenvalue weighted by atomic mass is 35.5. The number of fused-ring (bicyclic) bond motifs is 1. The second-order valence-electron chi connectivity index (χ2n) is 8.30.